The van der Waals surface area contributed by atoms with Crippen LogP contribution in [0.2, 0.25) is 0 Å². The average molecular weight is 409 g/mol. The molecule has 0 bridgehead atoms. The molecule has 2 rings (SSSR count). The highest BCUT2D eigenvalue weighted by atomic mass is 79.9. The predicted octanol–water partition coefficient (Wildman–Crippen LogP) is 4.08. The van der Waals surface area contributed by atoms with Gasteiger partial charge in [-0.1, -0.05) is 26.2 Å². The van der Waals surface area contributed by atoms with Gasteiger partial charge in [-0.2, -0.15) is 0 Å². The summed E-state index contributed by atoms with van der Waals surface area (Å²) in [5.41, 5.74) is 5.05. The molecule has 0 saturated carbocycles. The van der Waals surface area contributed by atoms with Crippen molar-refractivity contribution in [3.63, 3.8) is 0 Å². The number of hydrogen-bond donors (Lipinski definition) is 2. The van der Waals surface area contributed by atoms with Crippen molar-refractivity contribution >= 4 is 27.7 Å². The third-order valence-corrected chi connectivity index (χ3v) is 3.90. The minimum absolute atomic E-state index is 0.0963. The van der Waals surface area contributed by atoms with Crippen molar-refractivity contribution in [2.75, 3.05) is 6.61 Å². The Kier molecular flexibility index (Phi) is 7.53. The number of carbonyl (C=O) groups is 2. The van der Waals surface area contributed by atoms with Crippen LogP contribution in [0.25, 0.3) is 0 Å². The summed E-state index contributed by atoms with van der Waals surface area (Å²) in [6.45, 7) is 2.83. The van der Waals surface area contributed by atoms with Gasteiger partial charge in [0, 0.05) is 5.56 Å². The first-order valence-corrected chi connectivity index (χ1v) is 8.98. The number of halogens is 1. The lowest BCUT2D eigenvalue weighted by Crippen LogP contribution is -2.41. The SMILES string of the molecule is CCCCCCOc1ccc(C(=O)NNC(=O)c2ccc(Br)o2)cc1. The number of ether oxygens (including phenoxy) is 1. The topological polar surface area (TPSA) is 80.6 Å². The molecule has 2 N–H and O–H groups in total. The van der Waals surface area contributed by atoms with Gasteiger partial charge in [0.15, 0.2) is 10.4 Å². The van der Waals surface area contributed by atoms with E-state index >= 15 is 0 Å². The van der Waals surface area contributed by atoms with Gasteiger partial charge in [-0.3, -0.25) is 20.4 Å². The Labute approximate surface area is 155 Å². The highest BCUT2D eigenvalue weighted by Crippen LogP contribution is 2.14. The molecular weight excluding hydrogens is 388 g/mol. The first kappa shape index (κ1) is 19.1. The van der Waals surface area contributed by atoms with E-state index in [1.54, 1.807) is 30.3 Å². The molecule has 0 unspecified atom stereocenters. The molecule has 0 aliphatic carbocycles. The maximum absolute atomic E-state index is 12.0. The quantitative estimate of drug-likeness (QED) is 0.509. The second-order valence-corrected chi connectivity index (χ2v) is 6.23. The number of hydrazine groups is 1. The fraction of sp³-hybridized carbons (Fsp3) is 0.333. The lowest BCUT2D eigenvalue weighted by atomic mass is 10.2. The van der Waals surface area contributed by atoms with E-state index in [1.807, 2.05) is 0 Å². The highest BCUT2D eigenvalue weighted by molar-refractivity contribution is 9.10. The smallest absolute Gasteiger partial charge is 0.305 e. The van der Waals surface area contributed by atoms with E-state index in [4.69, 9.17) is 9.15 Å². The summed E-state index contributed by atoms with van der Waals surface area (Å²) in [7, 11) is 0. The number of nitrogens with one attached hydrogen (secondary N) is 2. The third-order valence-electron chi connectivity index (χ3n) is 3.47. The van der Waals surface area contributed by atoms with E-state index in [0.29, 0.717) is 16.8 Å². The maximum Gasteiger partial charge on any atom is 0.305 e. The van der Waals surface area contributed by atoms with Crippen LogP contribution in [0.3, 0.4) is 0 Å². The van der Waals surface area contributed by atoms with E-state index in [0.717, 1.165) is 18.6 Å². The van der Waals surface area contributed by atoms with E-state index in [-0.39, 0.29) is 5.76 Å². The highest BCUT2D eigenvalue weighted by Gasteiger charge is 2.12. The van der Waals surface area contributed by atoms with Crippen LogP contribution in [0.15, 0.2) is 45.5 Å². The van der Waals surface area contributed by atoms with Gasteiger partial charge in [-0.05, 0) is 58.7 Å². The zero-order chi connectivity index (χ0) is 18.1. The lowest BCUT2D eigenvalue weighted by Gasteiger charge is -2.08. The Morgan fingerprint density at radius 3 is 2.36 bits per heavy atom. The zero-order valence-electron chi connectivity index (χ0n) is 14.0. The number of carbonyl (C=O) groups excluding carboxylic acids is 2. The van der Waals surface area contributed by atoms with Crippen molar-refractivity contribution < 1.29 is 18.7 Å². The van der Waals surface area contributed by atoms with Crippen LogP contribution < -0.4 is 15.6 Å². The molecule has 0 spiro atoms. The predicted molar refractivity (Wildman–Crippen MR) is 97.4 cm³/mol. The number of rotatable bonds is 8. The standard InChI is InChI=1S/C18H21BrN2O4/c1-2-3-4-5-12-24-14-8-6-13(7-9-14)17(22)20-21-18(23)15-10-11-16(19)25-15/h6-11H,2-5,12H2,1H3,(H,20,22)(H,21,23). The van der Waals surface area contributed by atoms with Gasteiger partial charge in [-0.25, -0.2) is 0 Å². The molecule has 0 fully saturated rings. The first-order valence-electron chi connectivity index (χ1n) is 8.19. The molecule has 1 heterocycles. The molecule has 1 aromatic heterocycles. The Bertz CT molecular complexity index is 697. The summed E-state index contributed by atoms with van der Waals surface area (Å²) in [6, 6.07) is 9.86. The monoisotopic (exact) mass is 408 g/mol. The van der Waals surface area contributed by atoms with Crippen LogP contribution in [0.5, 0.6) is 5.75 Å². The van der Waals surface area contributed by atoms with Gasteiger partial charge in [0.2, 0.25) is 0 Å². The summed E-state index contributed by atoms with van der Waals surface area (Å²) in [5.74, 6) is -0.143. The molecule has 0 radical (unpaired) electrons. The van der Waals surface area contributed by atoms with Gasteiger partial charge in [0.05, 0.1) is 6.61 Å². The lowest BCUT2D eigenvalue weighted by molar-refractivity contribution is 0.0830. The van der Waals surface area contributed by atoms with E-state index in [2.05, 4.69) is 33.7 Å². The molecular formula is C18H21BrN2O4. The summed E-state index contributed by atoms with van der Waals surface area (Å²) in [5, 5.41) is 0. The number of benzene rings is 1. The van der Waals surface area contributed by atoms with Gasteiger partial charge in [0.25, 0.3) is 5.91 Å². The second kappa shape index (κ2) is 9.88. The van der Waals surface area contributed by atoms with Gasteiger partial charge in [-0.15, -0.1) is 0 Å². The Balaban J connectivity index is 1.77. The van der Waals surface area contributed by atoms with Gasteiger partial charge in [0.1, 0.15) is 5.75 Å². The Morgan fingerprint density at radius 2 is 1.72 bits per heavy atom. The van der Waals surface area contributed by atoms with Crippen molar-refractivity contribution in [2.45, 2.75) is 32.6 Å². The minimum atomic E-state index is -0.536. The number of amides is 2. The maximum atomic E-state index is 12.0. The average Bonchev–Trinajstić information content (AvgIpc) is 3.06. The third kappa shape index (κ3) is 6.26. The molecule has 6 nitrogen and oxygen atoms in total. The van der Waals surface area contributed by atoms with Crippen LogP contribution in [0.1, 0.15) is 53.5 Å². The number of unbranched alkanes of at least 4 members (excludes halogenated alkanes) is 3. The molecule has 7 heteroatoms. The fourth-order valence-electron chi connectivity index (χ4n) is 2.11. The summed E-state index contributed by atoms with van der Waals surface area (Å²) >= 11 is 3.11. The summed E-state index contributed by atoms with van der Waals surface area (Å²) in [6.07, 6.45) is 4.58. The Morgan fingerprint density at radius 1 is 1.00 bits per heavy atom. The second-order valence-electron chi connectivity index (χ2n) is 5.45. The van der Waals surface area contributed by atoms with E-state index in [1.165, 1.54) is 18.9 Å². The minimum Gasteiger partial charge on any atom is -0.494 e. The molecule has 1 aromatic carbocycles. The molecule has 134 valence electrons. The molecule has 0 aliphatic heterocycles. The van der Waals surface area contributed by atoms with Crippen molar-refractivity contribution in [1.82, 2.24) is 10.9 Å². The summed E-state index contributed by atoms with van der Waals surface area (Å²) < 4.78 is 11.2. The molecule has 0 aliphatic rings. The van der Waals surface area contributed by atoms with Crippen LogP contribution in [0, 0.1) is 0 Å². The Hall–Kier alpha value is -2.28. The number of furan rings is 1. The summed E-state index contributed by atoms with van der Waals surface area (Å²) in [4.78, 5) is 23.8. The molecule has 0 saturated heterocycles. The van der Waals surface area contributed by atoms with Crippen LogP contribution in [-0.4, -0.2) is 18.4 Å². The van der Waals surface area contributed by atoms with Crippen molar-refractivity contribution in [3.05, 3.63) is 52.4 Å². The number of hydrogen-bond acceptors (Lipinski definition) is 4. The van der Waals surface area contributed by atoms with Gasteiger partial charge >= 0.3 is 5.91 Å². The van der Waals surface area contributed by atoms with Gasteiger partial charge < -0.3 is 9.15 Å². The van der Waals surface area contributed by atoms with E-state index in [9.17, 15) is 9.59 Å². The van der Waals surface area contributed by atoms with Crippen LogP contribution in [-0.2, 0) is 0 Å². The van der Waals surface area contributed by atoms with Crippen molar-refractivity contribution in [1.29, 1.82) is 0 Å². The molecule has 2 amide bonds. The van der Waals surface area contributed by atoms with Crippen LogP contribution in [0.4, 0.5) is 0 Å². The van der Waals surface area contributed by atoms with E-state index < -0.39 is 11.8 Å². The molecule has 25 heavy (non-hydrogen) atoms. The molecule has 0 atom stereocenters. The zero-order valence-corrected chi connectivity index (χ0v) is 15.6. The van der Waals surface area contributed by atoms with Crippen molar-refractivity contribution in [2.24, 2.45) is 0 Å². The largest absolute Gasteiger partial charge is 0.494 e. The fourth-order valence-corrected chi connectivity index (χ4v) is 2.41. The normalized spacial score (nSPS) is 10.3. The van der Waals surface area contributed by atoms with Crippen LogP contribution >= 0.6 is 15.9 Å². The molecule has 2 aromatic rings. The van der Waals surface area contributed by atoms with Crippen molar-refractivity contribution in [3.8, 4) is 5.75 Å². The first-order chi connectivity index (χ1) is 12.1.